The highest BCUT2D eigenvalue weighted by atomic mass is 28.3. The van der Waals surface area contributed by atoms with Crippen molar-refractivity contribution in [2.24, 2.45) is 0 Å². The van der Waals surface area contributed by atoms with Crippen molar-refractivity contribution in [3.63, 3.8) is 0 Å². The Morgan fingerprint density at radius 2 is 1.80 bits per heavy atom. The molecule has 0 amide bonds. The number of rotatable bonds is 3. The van der Waals surface area contributed by atoms with Gasteiger partial charge < -0.3 is 0 Å². The molecule has 15 heavy (non-hydrogen) atoms. The number of benzene rings is 1. The second-order valence-corrected chi connectivity index (χ2v) is 13.5. The lowest BCUT2D eigenvalue weighted by Gasteiger charge is -2.20. The first-order valence-corrected chi connectivity index (χ1v) is 12.0. The first-order chi connectivity index (χ1) is 6.86. The third kappa shape index (κ3) is 2.92. The maximum atomic E-state index is 3.90. The molecule has 0 saturated heterocycles. The molecular formula is C13H22Si2. The zero-order valence-electron chi connectivity index (χ0n) is 10.6. The summed E-state index contributed by atoms with van der Waals surface area (Å²) in [6.45, 7) is 15.9. The molecule has 0 fully saturated rings. The van der Waals surface area contributed by atoms with Crippen LogP contribution in [0.15, 0.2) is 24.8 Å². The molecule has 0 spiro atoms. The van der Waals surface area contributed by atoms with Gasteiger partial charge >= 0.3 is 0 Å². The van der Waals surface area contributed by atoms with E-state index in [4.69, 9.17) is 0 Å². The Balaban J connectivity index is 3.28. The molecular weight excluding hydrogens is 212 g/mol. The van der Waals surface area contributed by atoms with E-state index in [9.17, 15) is 0 Å². The average Bonchev–Trinajstić information content (AvgIpc) is 2.15. The highest BCUT2D eigenvalue weighted by Gasteiger charge is 2.18. The maximum absolute atomic E-state index is 3.90. The lowest BCUT2D eigenvalue weighted by atomic mass is 10.2. The Morgan fingerprint density at radius 1 is 1.20 bits per heavy atom. The van der Waals surface area contributed by atoms with Gasteiger partial charge in [0.2, 0.25) is 0 Å². The molecule has 1 rings (SSSR count). The molecule has 0 aliphatic rings. The average molecular weight is 234 g/mol. The monoisotopic (exact) mass is 234 g/mol. The van der Waals surface area contributed by atoms with Crippen LogP contribution in [-0.4, -0.2) is 16.9 Å². The molecule has 0 N–H and O–H groups in total. The summed E-state index contributed by atoms with van der Waals surface area (Å²) in [4.78, 5) is 0. The van der Waals surface area contributed by atoms with Gasteiger partial charge in [-0.05, 0) is 5.56 Å². The van der Waals surface area contributed by atoms with E-state index in [1.807, 2.05) is 6.08 Å². The summed E-state index contributed by atoms with van der Waals surface area (Å²) < 4.78 is 0. The predicted octanol–water partition coefficient (Wildman–Crippen LogP) is 2.57. The summed E-state index contributed by atoms with van der Waals surface area (Å²) in [6.07, 6.45) is 2.00. The van der Waals surface area contributed by atoms with Gasteiger partial charge in [0.1, 0.15) is 0 Å². The molecule has 1 aromatic carbocycles. The molecule has 0 atom stereocenters. The lowest BCUT2D eigenvalue weighted by Crippen LogP contribution is -2.41. The van der Waals surface area contributed by atoms with Crippen LogP contribution in [0, 0.1) is 0 Å². The first-order valence-electron chi connectivity index (χ1n) is 5.63. The molecule has 0 saturated carbocycles. The summed E-state index contributed by atoms with van der Waals surface area (Å²) >= 11 is 0. The highest BCUT2D eigenvalue weighted by Crippen LogP contribution is 2.05. The fourth-order valence-corrected chi connectivity index (χ4v) is 4.46. The Kier molecular flexibility index (Phi) is 3.73. The van der Waals surface area contributed by atoms with E-state index in [1.54, 1.807) is 10.4 Å². The molecule has 82 valence electrons. The van der Waals surface area contributed by atoms with Gasteiger partial charge in [-0.3, -0.25) is 0 Å². The van der Waals surface area contributed by atoms with Crippen molar-refractivity contribution in [1.82, 2.24) is 0 Å². The van der Waals surface area contributed by atoms with E-state index in [0.717, 1.165) is 0 Å². The fraction of sp³-hybridized carbons (Fsp3) is 0.385. The molecule has 0 aliphatic heterocycles. The van der Waals surface area contributed by atoms with Gasteiger partial charge in [0.25, 0.3) is 0 Å². The second-order valence-electron chi connectivity index (χ2n) is 5.45. The van der Waals surface area contributed by atoms with Gasteiger partial charge in [0.15, 0.2) is 0 Å². The number of hydrogen-bond donors (Lipinski definition) is 0. The van der Waals surface area contributed by atoms with E-state index >= 15 is 0 Å². The van der Waals surface area contributed by atoms with Gasteiger partial charge in [0.05, 0.1) is 16.9 Å². The van der Waals surface area contributed by atoms with Gasteiger partial charge in [-0.2, -0.15) is 0 Å². The predicted molar refractivity (Wildman–Crippen MR) is 78.0 cm³/mol. The van der Waals surface area contributed by atoms with E-state index in [-0.39, 0.29) is 0 Å². The number of hydrogen-bond acceptors (Lipinski definition) is 0. The van der Waals surface area contributed by atoms with Crippen molar-refractivity contribution in [3.05, 3.63) is 30.3 Å². The Labute approximate surface area is 96.7 Å². The summed E-state index contributed by atoms with van der Waals surface area (Å²) in [5.41, 5.74) is 1.35. The van der Waals surface area contributed by atoms with Crippen LogP contribution >= 0.6 is 0 Å². The minimum atomic E-state index is -1.16. The van der Waals surface area contributed by atoms with Crippen molar-refractivity contribution < 1.29 is 0 Å². The third-order valence-corrected chi connectivity index (χ3v) is 6.58. The van der Waals surface area contributed by atoms with Crippen LogP contribution in [0.5, 0.6) is 0 Å². The molecule has 0 heterocycles. The molecule has 0 bridgehead atoms. The molecule has 0 nitrogen and oxygen atoms in total. The molecule has 0 unspecified atom stereocenters. The Bertz CT molecular complexity index is 359. The highest BCUT2D eigenvalue weighted by molar-refractivity contribution is 6.89. The quantitative estimate of drug-likeness (QED) is 0.705. The smallest absolute Gasteiger partial charge is 0.0775 e. The molecule has 0 aliphatic carbocycles. The summed E-state index contributed by atoms with van der Waals surface area (Å²) in [7, 11) is -1.89. The summed E-state index contributed by atoms with van der Waals surface area (Å²) in [5.74, 6) is 0. The topological polar surface area (TPSA) is 0 Å². The SMILES string of the molecule is C=Cc1ccc([Si](C)(C)C)cc1[SiH](C)C. The zero-order valence-corrected chi connectivity index (χ0v) is 12.7. The van der Waals surface area contributed by atoms with Crippen LogP contribution in [-0.2, 0) is 0 Å². The van der Waals surface area contributed by atoms with Crippen LogP contribution in [0.3, 0.4) is 0 Å². The van der Waals surface area contributed by atoms with Crippen molar-refractivity contribution in [2.75, 3.05) is 0 Å². The van der Waals surface area contributed by atoms with E-state index in [1.165, 1.54) is 5.56 Å². The minimum absolute atomic E-state index is 0.735. The third-order valence-electron chi connectivity index (χ3n) is 2.79. The van der Waals surface area contributed by atoms with Gasteiger partial charge in [-0.15, -0.1) is 0 Å². The van der Waals surface area contributed by atoms with Crippen molar-refractivity contribution >= 4 is 33.3 Å². The maximum Gasteiger partial charge on any atom is 0.0775 e. The van der Waals surface area contributed by atoms with Gasteiger partial charge in [0, 0.05) is 0 Å². The van der Waals surface area contributed by atoms with E-state index in [0.29, 0.717) is 0 Å². The zero-order chi connectivity index (χ0) is 11.6. The Morgan fingerprint density at radius 3 is 2.20 bits per heavy atom. The summed E-state index contributed by atoms with van der Waals surface area (Å²) in [6, 6.07) is 6.99. The largest absolute Gasteiger partial charge is 0.0985 e. The van der Waals surface area contributed by atoms with Crippen LogP contribution in [0.25, 0.3) is 6.08 Å². The van der Waals surface area contributed by atoms with Crippen molar-refractivity contribution in [3.8, 4) is 0 Å². The molecule has 2 heteroatoms. The molecule has 0 aromatic heterocycles. The first kappa shape index (κ1) is 12.5. The van der Waals surface area contributed by atoms with Gasteiger partial charge in [-0.25, -0.2) is 0 Å². The second kappa shape index (κ2) is 4.50. The van der Waals surface area contributed by atoms with Crippen molar-refractivity contribution in [1.29, 1.82) is 0 Å². The lowest BCUT2D eigenvalue weighted by molar-refractivity contribution is 1.67. The normalized spacial score (nSPS) is 11.9. The minimum Gasteiger partial charge on any atom is -0.0985 e. The van der Waals surface area contributed by atoms with Gasteiger partial charge in [-0.1, -0.05) is 74.0 Å². The Hall–Kier alpha value is -0.606. The standard InChI is InChI=1S/C13H22Si2/c1-7-11-8-9-12(15(4,5)6)10-13(11)14(2)3/h7-10,14H,1H2,2-6H3. The molecule has 1 aromatic rings. The van der Waals surface area contributed by atoms with E-state index < -0.39 is 16.9 Å². The van der Waals surface area contributed by atoms with Crippen LogP contribution in [0.2, 0.25) is 32.7 Å². The molecule has 0 radical (unpaired) electrons. The van der Waals surface area contributed by atoms with Crippen LogP contribution < -0.4 is 10.4 Å². The van der Waals surface area contributed by atoms with Crippen LogP contribution in [0.4, 0.5) is 0 Å². The van der Waals surface area contributed by atoms with Crippen LogP contribution in [0.1, 0.15) is 5.56 Å². The van der Waals surface area contributed by atoms with E-state index in [2.05, 4.69) is 57.5 Å². The van der Waals surface area contributed by atoms with Crippen molar-refractivity contribution in [2.45, 2.75) is 32.7 Å². The fourth-order valence-electron chi connectivity index (χ4n) is 1.73. The summed E-state index contributed by atoms with van der Waals surface area (Å²) in [5, 5.41) is 3.15.